The Labute approximate surface area is 194 Å². The van der Waals surface area contributed by atoms with Gasteiger partial charge in [0.15, 0.2) is 0 Å². The fourth-order valence-electron chi connectivity index (χ4n) is 3.69. The Balaban J connectivity index is 1.67. The Morgan fingerprint density at radius 1 is 0.969 bits per heavy atom. The number of anilines is 2. The molecule has 166 valence electrons. The molecule has 1 heterocycles. The van der Waals surface area contributed by atoms with Crippen LogP contribution in [0.2, 0.25) is 0 Å². The van der Waals surface area contributed by atoms with Crippen LogP contribution >= 0.6 is 11.8 Å². The van der Waals surface area contributed by atoms with Gasteiger partial charge in [0.1, 0.15) is 0 Å². The zero-order valence-electron chi connectivity index (χ0n) is 18.7. The number of para-hydroxylation sites is 1. The number of sulfonamides is 1. The molecule has 5 nitrogen and oxygen atoms in total. The number of nitrogens with zero attached hydrogens (tertiary/aromatic N) is 2. The largest absolute Gasteiger partial charge is 0.354 e. The normalized spacial score (nSPS) is 13.5. The zero-order chi connectivity index (χ0) is 22.9. The Hall–Kier alpha value is -2.61. The lowest BCUT2D eigenvalue weighted by Gasteiger charge is -2.21. The standard InChI is InChI=1S/C25H27N3O2S2/c1-5-28(6-2)32(29,30)20-13-11-17(3)22(16-20)26-18(4)19-12-14-25-23(15-19)27-21-9-7-8-10-24(21)31-25/h7-16,27H,5-6H2,1-4H3. The van der Waals surface area contributed by atoms with Crippen molar-refractivity contribution < 1.29 is 8.42 Å². The molecule has 1 aliphatic rings. The van der Waals surface area contributed by atoms with E-state index in [-0.39, 0.29) is 4.90 Å². The maximum absolute atomic E-state index is 12.9. The quantitative estimate of drug-likeness (QED) is 0.336. The highest BCUT2D eigenvalue weighted by molar-refractivity contribution is 7.99. The monoisotopic (exact) mass is 465 g/mol. The molecule has 0 fully saturated rings. The number of rotatable bonds is 6. The van der Waals surface area contributed by atoms with Crippen LogP contribution in [0.1, 0.15) is 31.9 Å². The van der Waals surface area contributed by atoms with Crippen LogP contribution in [-0.2, 0) is 10.0 Å². The summed E-state index contributed by atoms with van der Waals surface area (Å²) in [6.45, 7) is 8.47. The van der Waals surface area contributed by atoms with Crippen molar-refractivity contribution in [3.05, 3.63) is 71.8 Å². The fourth-order valence-corrected chi connectivity index (χ4v) is 6.14. The topological polar surface area (TPSA) is 61.8 Å². The van der Waals surface area contributed by atoms with Gasteiger partial charge in [0.2, 0.25) is 10.0 Å². The van der Waals surface area contributed by atoms with Gasteiger partial charge >= 0.3 is 0 Å². The molecule has 32 heavy (non-hydrogen) atoms. The molecule has 0 radical (unpaired) electrons. The first-order valence-electron chi connectivity index (χ1n) is 10.7. The molecule has 0 aliphatic carbocycles. The third-order valence-corrected chi connectivity index (χ3v) is 8.78. The van der Waals surface area contributed by atoms with Crippen LogP contribution in [-0.4, -0.2) is 31.5 Å². The number of hydrogen-bond acceptors (Lipinski definition) is 5. The summed E-state index contributed by atoms with van der Waals surface area (Å²) in [4.78, 5) is 7.46. The predicted molar refractivity (Wildman–Crippen MR) is 133 cm³/mol. The third kappa shape index (κ3) is 4.33. The van der Waals surface area contributed by atoms with E-state index in [1.54, 1.807) is 23.9 Å². The molecule has 0 aromatic heterocycles. The van der Waals surface area contributed by atoms with Crippen LogP contribution in [0, 0.1) is 6.92 Å². The molecular weight excluding hydrogens is 438 g/mol. The Kier molecular flexibility index (Phi) is 6.42. The number of aliphatic imine (C=N–C) groups is 1. The van der Waals surface area contributed by atoms with Crippen molar-refractivity contribution in [2.24, 2.45) is 4.99 Å². The van der Waals surface area contributed by atoms with E-state index in [0.29, 0.717) is 18.8 Å². The van der Waals surface area contributed by atoms with Gasteiger partial charge in [0.25, 0.3) is 0 Å². The SMILES string of the molecule is CCN(CC)S(=O)(=O)c1ccc(C)c(N=C(C)c2ccc3c(c2)Nc2ccccc2S3)c1. The van der Waals surface area contributed by atoms with E-state index in [9.17, 15) is 8.42 Å². The molecule has 0 saturated carbocycles. The van der Waals surface area contributed by atoms with E-state index in [1.807, 2.05) is 45.9 Å². The third-order valence-electron chi connectivity index (χ3n) is 5.59. The summed E-state index contributed by atoms with van der Waals surface area (Å²) in [7, 11) is -3.53. The minimum atomic E-state index is -3.53. The molecule has 4 rings (SSSR count). The van der Waals surface area contributed by atoms with E-state index < -0.39 is 10.0 Å². The number of aryl methyl sites for hydroxylation is 1. The summed E-state index contributed by atoms with van der Waals surface area (Å²) in [5, 5.41) is 3.50. The smallest absolute Gasteiger partial charge is 0.243 e. The van der Waals surface area contributed by atoms with Crippen LogP contribution in [0.25, 0.3) is 0 Å². The molecule has 0 amide bonds. The van der Waals surface area contributed by atoms with Crippen molar-refractivity contribution in [1.29, 1.82) is 0 Å². The van der Waals surface area contributed by atoms with Crippen molar-refractivity contribution in [2.75, 3.05) is 18.4 Å². The highest BCUT2D eigenvalue weighted by Crippen LogP contribution is 2.44. The lowest BCUT2D eigenvalue weighted by Crippen LogP contribution is -2.30. The highest BCUT2D eigenvalue weighted by atomic mass is 32.2. The number of hydrogen-bond donors (Lipinski definition) is 1. The summed E-state index contributed by atoms with van der Waals surface area (Å²) in [6, 6.07) is 19.7. The van der Waals surface area contributed by atoms with Gasteiger partial charge < -0.3 is 5.32 Å². The van der Waals surface area contributed by atoms with E-state index in [0.717, 1.165) is 28.2 Å². The molecule has 3 aromatic carbocycles. The molecule has 0 bridgehead atoms. The maximum atomic E-state index is 12.9. The molecule has 0 spiro atoms. The second kappa shape index (κ2) is 9.10. The van der Waals surface area contributed by atoms with Gasteiger partial charge in [0, 0.05) is 28.6 Å². The highest BCUT2D eigenvalue weighted by Gasteiger charge is 2.22. The fraction of sp³-hybridized carbons (Fsp3) is 0.240. The van der Waals surface area contributed by atoms with Gasteiger partial charge in [0.05, 0.1) is 22.0 Å². The van der Waals surface area contributed by atoms with Gasteiger partial charge in [-0.05, 0) is 61.4 Å². The minimum Gasteiger partial charge on any atom is -0.354 e. The molecular formula is C25H27N3O2S2. The summed E-state index contributed by atoms with van der Waals surface area (Å²) in [5.74, 6) is 0. The first-order chi connectivity index (χ1) is 15.3. The van der Waals surface area contributed by atoms with Gasteiger partial charge in [-0.1, -0.05) is 49.9 Å². The predicted octanol–water partition coefficient (Wildman–Crippen LogP) is 6.37. The van der Waals surface area contributed by atoms with Gasteiger partial charge in [-0.2, -0.15) is 4.31 Å². The van der Waals surface area contributed by atoms with Crippen molar-refractivity contribution in [3.63, 3.8) is 0 Å². The first kappa shape index (κ1) is 22.6. The number of nitrogens with one attached hydrogen (secondary N) is 1. The zero-order valence-corrected chi connectivity index (χ0v) is 20.3. The first-order valence-corrected chi connectivity index (χ1v) is 12.9. The lowest BCUT2D eigenvalue weighted by molar-refractivity contribution is 0.445. The Morgan fingerprint density at radius 2 is 1.69 bits per heavy atom. The summed E-state index contributed by atoms with van der Waals surface area (Å²) in [6.07, 6.45) is 0. The molecule has 0 unspecified atom stereocenters. The van der Waals surface area contributed by atoms with E-state index >= 15 is 0 Å². The summed E-state index contributed by atoms with van der Waals surface area (Å²) in [5.41, 5.74) is 5.58. The Morgan fingerprint density at radius 3 is 2.44 bits per heavy atom. The van der Waals surface area contributed by atoms with Gasteiger partial charge in [-0.15, -0.1) is 0 Å². The summed E-state index contributed by atoms with van der Waals surface area (Å²) >= 11 is 1.75. The minimum absolute atomic E-state index is 0.276. The van der Waals surface area contributed by atoms with Crippen LogP contribution in [0.15, 0.2) is 80.3 Å². The van der Waals surface area contributed by atoms with E-state index in [1.165, 1.54) is 14.1 Å². The van der Waals surface area contributed by atoms with Crippen molar-refractivity contribution >= 4 is 44.6 Å². The number of fused-ring (bicyclic) bond motifs is 2. The summed E-state index contributed by atoms with van der Waals surface area (Å²) < 4.78 is 27.3. The maximum Gasteiger partial charge on any atom is 0.243 e. The van der Waals surface area contributed by atoms with Crippen molar-refractivity contribution in [1.82, 2.24) is 4.31 Å². The van der Waals surface area contributed by atoms with E-state index in [4.69, 9.17) is 4.99 Å². The van der Waals surface area contributed by atoms with Crippen LogP contribution in [0.4, 0.5) is 17.1 Å². The average molecular weight is 466 g/mol. The van der Waals surface area contributed by atoms with Crippen molar-refractivity contribution in [2.45, 2.75) is 42.4 Å². The second-order valence-corrected chi connectivity index (χ2v) is 10.7. The Bertz CT molecular complexity index is 1300. The molecule has 1 N–H and O–H groups in total. The van der Waals surface area contributed by atoms with Crippen molar-refractivity contribution in [3.8, 4) is 0 Å². The lowest BCUT2D eigenvalue weighted by atomic mass is 10.1. The molecule has 0 saturated heterocycles. The molecule has 0 atom stereocenters. The second-order valence-electron chi connectivity index (χ2n) is 7.67. The van der Waals surface area contributed by atoms with Crippen LogP contribution in [0.3, 0.4) is 0 Å². The van der Waals surface area contributed by atoms with Gasteiger partial charge in [-0.25, -0.2) is 8.42 Å². The van der Waals surface area contributed by atoms with E-state index in [2.05, 4.69) is 35.6 Å². The van der Waals surface area contributed by atoms with Gasteiger partial charge in [-0.3, -0.25) is 4.99 Å². The molecule has 3 aromatic rings. The molecule has 1 aliphatic heterocycles. The number of benzene rings is 3. The molecule has 7 heteroatoms. The van der Waals surface area contributed by atoms with Crippen LogP contribution in [0.5, 0.6) is 0 Å². The average Bonchev–Trinajstić information content (AvgIpc) is 2.79. The van der Waals surface area contributed by atoms with Crippen LogP contribution < -0.4 is 5.32 Å².